The molecule has 3 aromatic rings. The molecule has 0 aliphatic carbocycles. The fourth-order valence-corrected chi connectivity index (χ4v) is 4.47. The Hall–Kier alpha value is -3.97. The number of esters is 1. The quantitative estimate of drug-likeness (QED) is 0.424. The Bertz CT molecular complexity index is 1180. The summed E-state index contributed by atoms with van der Waals surface area (Å²) in [4.78, 5) is 39.5. The Morgan fingerprint density at radius 3 is 2.28 bits per heavy atom. The zero-order valence-electron chi connectivity index (χ0n) is 20.0. The van der Waals surface area contributed by atoms with E-state index in [2.05, 4.69) is 5.32 Å². The van der Waals surface area contributed by atoms with E-state index in [1.54, 1.807) is 12.1 Å². The van der Waals surface area contributed by atoms with Crippen LogP contribution in [0, 0.1) is 0 Å². The molecular formula is C29H30N2O5. The molecule has 0 bridgehead atoms. The molecule has 1 amide bonds. The molecule has 3 aromatic carbocycles. The molecule has 0 spiro atoms. The van der Waals surface area contributed by atoms with E-state index in [0.29, 0.717) is 31.4 Å². The number of amides is 1. The number of nitrogens with zero attached hydrogens (tertiary/aromatic N) is 1. The average Bonchev–Trinajstić information content (AvgIpc) is 3.02. The van der Waals surface area contributed by atoms with Gasteiger partial charge >= 0.3 is 11.9 Å². The second kappa shape index (κ2) is 12.1. The molecule has 0 aromatic heterocycles. The van der Waals surface area contributed by atoms with Crippen molar-refractivity contribution in [1.29, 1.82) is 0 Å². The number of aryl methyl sites for hydroxylation is 2. The second-order valence-corrected chi connectivity index (χ2v) is 8.87. The molecule has 1 aliphatic rings. The van der Waals surface area contributed by atoms with Crippen LogP contribution in [0.2, 0.25) is 0 Å². The number of hydrogen-bond donors (Lipinski definition) is 2. The van der Waals surface area contributed by atoms with Crippen LogP contribution in [0.15, 0.2) is 84.9 Å². The van der Waals surface area contributed by atoms with Gasteiger partial charge in [-0.05, 0) is 48.4 Å². The van der Waals surface area contributed by atoms with Crippen LogP contribution in [0.25, 0.3) is 0 Å². The van der Waals surface area contributed by atoms with Crippen LogP contribution in [0.4, 0.5) is 5.69 Å². The van der Waals surface area contributed by atoms with E-state index in [-0.39, 0.29) is 12.5 Å². The maximum absolute atomic E-state index is 13.5. The molecule has 2 N–H and O–H groups in total. The minimum Gasteiger partial charge on any atom is -0.480 e. The summed E-state index contributed by atoms with van der Waals surface area (Å²) in [5, 5.41) is 12.7. The average molecular weight is 487 g/mol. The van der Waals surface area contributed by atoms with Crippen molar-refractivity contribution in [2.24, 2.45) is 0 Å². The standard InChI is InChI=1S/C29H30N2O5/c32-27(33)19-31-26-14-8-7-13-23(26)16-18-24(28(31)34)30-25(17-15-21-9-3-1-4-10-21)29(35)36-20-22-11-5-2-6-12-22/h1-14,24-25,30H,15-20H2,(H,32,33)/t24-,25+/m0/s1. The lowest BCUT2D eigenvalue weighted by molar-refractivity contribution is -0.148. The molecular weight excluding hydrogens is 456 g/mol. The zero-order chi connectivity index (χ0) is 25.3. The maximum atomic E-state index is 13.5. The summed E-state index contributed by atoms with van der Waals surface area (Å²) in [7, 11) is 0. The van der Waals surface area contributed by atoms with E-state index < -0.39 is 30.6 Å². The van der Waals surface area contributed by atoms with Crippen LogP contribution < -0.4 is 10.2 Å². The molecule has 186 valence electrons. The van der Waals surface area contributed by atoms with Gasteiger partial charge in [-0.3, -0.25) is 24.6 Å². The molecule has 0 saturated heterocycles. The fraction of sp³-hybridized carbons (Fsp3) is 0.276. The first-order valence-electron chi connectivity index (χ1n) is 12.1. The Morgan fingerprint density at radius 2 is 1.58 bits per heavy atom. The van der Waals surface area contributed by atoms with Gasteiger partial charge in [0.25, 0.3) is 0 Å². The summed E-state index contributed by atoms with van der Waals surface area (Å²) in [5.74, 6) is -1.89. The number of carboxylic acid groups (broad SMARTS) is 1. The normalized spacial score (nSPS) is 16.1. The molecule has 36 heavy (non-hydrogen) atoms. The van der Waals surface area contributed by atoms with Crippen molar-refractivity contribution in [3.63, 3.8) is 0 Å². The second-order valence-electron chi connectivity index (χ2n) is 8.87. The molecule has 1 aliphatic heterocycles. The van der Waals surface area contributed by atoms with E-state index in [9.17, 15) is 19.5 Å². The number of fused-ring (bicyclic) bond motifs is 1. The Kier molecular flexibility index (Phi) is 8.47. The van der Waals surface area contributed by atoms with Gasteiger partial charge in [-0.1, -0.05) is 78.9 Å². The summed E-state index contributed by atoms with van der Waals surface area (Å²) in [5.41, 5.74) is 3.46. The zero-order valence-corrected chi connectivity index (χ0v) is 20.0. The third-order valence-electron chi connectivity index (χ3n) is 6.32. The summed E-state index contributed by atoms with van der Waals surface area (Å²) in [6.45, 7) is -0.306. The lowest BCUT2D eigenvalue weighted by atomic mass is 10.0. The van der Waals surface area contributed by atoms with Crippen LogP contribution in [0.1, 0.15) is 29.5 Å². The highest BCUT2D eigenvalue weighted by molar-refractivity contribution is 6.02. The minimum atomic E-state index is -1.10. The number of nitrogens with one attached hydrogen (secondary N) is 1. The van der Waals surface area contributed by atoms with Gasteiger partial charge in [0.1, 0.15) is 19.2 Å². The molecule has 0 unspecified atom stereocenters. The molecule has 4 rings (SSSR count). The summed E-state index contributed by atoms with van der Waals surface area (Å²) < 4.78 is 5.62. The minimum absolute atomic E-state index is 0.137. The highest BCUT2D eigenvalue weighted by Gasteiger charge is 2.34. The third kappa shape index (κ3) is 6.58. The van der Waals surface area contributed by atoms with Crippen molar-refractivity contribution in [3.05, 3.63) is 102 Å². The van der Waals surface area contributed by atoms with Gasteiger partial charge < -0.3 is 9.84 Å². The van der Waals surface area contributed by atoms with Gasteiger partial charge in [0, 0.05) is 5.69 Å². The first-order valence-corrected chi connectivity index (χ1v) is 12.1. The summed E-state index contributed by atoms with van der Waals surface area (Å²) >= 11 is 0. The number of benzene rings is 3. The summed E-state index contributed by atoms with van der Waals surface area (Å²) in [6, 6.07) is 25.1. The van der Waals surface area contributed by atoms with E-state index in [4.69, 9.17) is 4.74 Å². The van der Waals surface area contributed by atoms with Crippen LogP contribution in [0.3, 0.4) is 0 Å². The highest BCUT2D eigenvalue weighted by Crippen LogP contribution is 2.27. The highest BCUT2D eigenvalue weighted by atomic mass is 16.5. The Balaban J connectivity index is 1.52. The number of aliphatic carboxylic acids is 1. The van der Waals surface area contributed by atoms with Gasteiger partial charge in [0.15, 0.2) is 0 Å². The number of rotatable bonds is 10. The number of carbonyl (C=O) groups is 3. The first-order chi connectivity index (χ1) is 17.5. The molecule has 0 radical (unpaired) electrons. The smallest absolute Gasteiger partial charge is 0.323 e. The van der Waals surface area contributed by atoms with E-state index in [1.807, 2.05) is 72.8 Å². The largest absolute Gasteiger partial charge is 0.480 e. The summed E-state index contributed by atoms with van der Waals surface area (Å²) in [6.07, 6.45) is 2.09. The van der Waals surface area contributed by atoms with Crippen molar-refractivity contribution in [3.8, 4) is 0 Å². The van der Waals surface area contributed by atoms with E-state index >= 15 is 0 Å². The Morgan fingerprint density at radius 1 is 0.944 bits per heavy atom. The molecule has 7 nitrogen and oxygen atoms in total. The molecule has 7 heteroatoms. The van der Waals surface area contributed by atoms with Crippen molar-refractivity contribution in [2.75, 3.05) is 11.4 Å². The predicted octanol–water partition coefficient (Wildman–Crippen LogP) is 3.75. The van der Waals surface area contributed by atoms with Gasteiger partial charge in [-0.15, -0.1) is 0 Å². The molecule has 0 fully saturated rings. The maximum Gasteiger partial charge on any atom is 0.323 e. The van der Waals surface area contributed by atoms with Crippen LogP contribution >= 0.6 is 0 Å². The molecule has 1 heterocycles. The molecule has 2 atom stereocenters. The van der Waals surface area contributed by atoms with E-state index in [1.165, 1.54) is 4.90 Å². The SMILES string of the molecule is O=C(O)CN1C(=O)[C@@H](N[C@H](CCc2ccccc2)C(=O)OCc2ccccc2)CCc2ccccc21. The number of ether oxygens (including phenoxy) is 1. The number of carbonyl (C=O) groups excluding carboxylic acids is 2. The fourth-order valence-electron chi connectivity index (χ4n) is 4.47. The molecule has 0 saturated carbocycles. The van der Waals surface area contributed by atoms with Crippen molar-refractivity contribution in [1.82, 2.24) is 5.32 Å². The van der Waals surface area contributed by atoms with Crippen LogP contribution in [0.5, 0.6) is 0 Å². The van der Waals surface area contributed by atoms with Gasteiger partial charge in [-0.2, -0.15) is 0 Å². The van der Waals surface area contributed by atoms with Crippen molar-refractivity contribution >= 4 is 23.5 Å². The van der Waals surface area contributed by atoms with Gasteiger partial charge in [0.05, 0.1) is 6.04 Å². The van der Waals surface area contributed by atoms with Crippen molar-refractivity contribution in [2.45, 2.75) is 44.4 Å². The lowest BCUT2D eigenvalue weighted by Gasteiger charge is -2.27. The predicted molar refractivity (Wildman–Crippen MR) is 136 cm³/mol. The van der Waals surface area contributed by atoms with E-state index in [0.717, 1.165) is 16.7 Å². The van der Waals surface area contributed by atoms with Crippen LogP contribution in [-0.2, 0) is 38.6 Å². The number of hydrogen-bond acceptors (Lipinski definition) is 5. The van der Waals surface area contributed by atoms with Crippen molar-refractivity contribution < 1.29 is 24.2 Å². The third-order valence-corrected chi connectivity index (χ3v) is 6.32. The topological polar surface area (TPSA) is 95.9 Å². The Labute approximate surface area is 210 Å². The van der Waals surface area contributed by atoms with Gasteiger partial charge in [-0.25, -0.2) is 0 Å². The number of anilines is 1. The number of para-hydroxylation sites is 1. The monoisotopic (exact) mass is 486 g/mol. The van der Waals surface area contributed by atoms with Gasteiger partial charge in [0.2, 0.25) is 5.91 Å². The first kappa shape index (κ1) is 25.1. The number of carboxylic acids is 1. The van der Waals surface area contributed by atoms with Crippen LogP contribution in [-0.4, -0.2) is 41.6 Å². The lowest BCUT2D eigenvalue weighted by Crippen LogP contribution is -2.53.